The van der Waals surface area contributed by atoms with Gasteiger partial charge in [0.05, 0.1) is 29.0 Å². The zero-order chi connectivity index (χ0) is 25.9. The first-order valence-corrected chi connectivity index (χ1v) is 16.1. The van der Waals surface area contributed by atoms with E-state index in [0.29, 0.717) is 48.0 Å². The molecule has 6 rings (SSSR count). The molecule has 37 heavy (non-hydrogen) atoms. The zero-order valence-electron chi connectivity index (χ0n) is 22.5. The predicted molar refractivity (Wildman–Crippen MR) is 144 cm³/mol. The van der Waals surface area contributed by atoms with Crippen LogP contribution in [-0.2, 0) is 19.3 Å². The Hall–Kier alpha value is -1.21. The molecule has 8 atom stereocenters. The van der Waals surface area contributed by atoms with E-state index >= 15 is 0 Å². The van der Waals surface area contributed by atoms with Crippen molar-refractivity contribution in [3.8, 4) is 0 Å². The second-order valence-electron chi connectivity index (χ2n) is 13.3. The Bertz CT molecular complexity index is 1120. The highest BCUT2D eigenvalue weighted by atomic mass is 32.2. The normalized spacial score (nSPS) is 42.4. The summed E-state index contributed by atoms with van der Waals surface area (Å²) < 4.78 is 39.3. The summed E-state index contributed by atoms with van der Waals surface area (Å²) in [6, 6.07) is 8.88. The predicted octanol–water partition coefficient (Wildman–Crippen LogP) is 5.58. The quantitative estimate of drug-likeness (QED) is 0.488. The van der Waals surface area contributed by atoms with Gasteiger partial charge in [-0.2, -0.15) is 0 Å². The largest absolute Gasteiger partial charge is 0.387 e. The van der Waals surface area contributed by atoms with Crippen LogP contribution in [0.1, 0.15) is 71.6 Å². The van der Waals surface area contributed by atoms with Crippen LogP contribution in [0.5, 0.6) is 0 Å². The molecule has 1 aromatic carbocycles. The first kappa shape index (κ1) is 26.0. The third kappa shape index (κ3) is 4.34. The van der Waals surface area contributed by atoms with Crippen LogP contribution in [0.15, 0.2) is 46.9 Å². The molecule has 2 saturated carbocycles. The lowest BCUT2D eigenvalue weighted by atomic mass is 9.48. The summed E-state index contributed by atoms with van der Waals surface area (Å²) in [5, 5.41) is 10.6. The fourth-order valence-electron chi connectivity index (χ4n) is 9.31. The van der Waals surface area contributed by atoms with Crippen LogP contribution >= 0.6 is 0 Å². The van der Waals surface area contributed by atoms with Gasteiger partial charge in [-0.1, -0.05) is 38.1 Å². The molecule has 2 saturated heterocycles. The molecule has 0 amide bonds. The van der Waals surface area contributed by atoms with Crippen molar-refractivity contribution in [1.29, 1.82) is 0 Å². The molecule has 1 N–H and O–H groups in total. The number of ether oxygens (including phenoxy) is 2. The highest BCUT2D eigenvalue weighted by Gasteiger charge is 2.59. The van der Waals surface area contributed by atoms with E-state index < -0.39 is 20.7 Å². The molecule has 0 bridgehead atoms. The molecule has 6 heteroatoms. The molecule has 5 aliphatic rings. The minimum atomic E-state index is -3.57. The number of fused-ring (bicyclic) bond motifs is 5. The summed E-state index contributed by atoms with van der Waals surface area (Å²) in [4.78, 5) is 0.378. The smallest absolute Gasteiger partial charge is 0.181 e. The van der Waals surface area contributed by atoms with E-state index in [4.69, 9.17) is 9.47 Å². The second-order valence-corrected chi connectivity index (χ2v) is 15.6. The lowest BCUT2D eigenvalue weighted by molar-refractivity contribution is -0.0625. The van der Waals surface area contributed by atoms with E-state index in [1.807, 2.05) is 6.07 Å². The fraction of sp³-hybridized carbons (Fsp3) is 0.742. The van der Waals surface area contributed by atoms with Gasteiger partial charge in [-0.05, 0) is 104 Å². The van der Waals surface area contributed by atoms with Crippen molar-refractivity contribution in [2.45, 2.75) is 87.4 Å². The van der Waals surface area contributed by atoms with Crippen LogP contribution in [0, 0.1) is 34.5 Å². The van der Waals surface area contributed by atoms with Crippen LogP contribution < -0.4 is 0 Å². The first-order valence-electron chi connectivity index (χ1n) is 14.5. The Morgan fingerprint density at radius 1 is 1.00 bits per heavy atom. The van der Waals surface area contributed by atoms with E-state index in [0.717, 1.165) is 32.5 Å². The van der Waals surface area contributed by atoms with Crippen molar-refractivity contribution >= 4 is 9.84 Å². The van der Waals surface area contributed by atoms with Crippen LogP contribution in [0.2, 0.25) is 0 Å². The highest BCUT2D eigenvalue weighted by molar-refractivity contribution is 7.92. The van der Waals surface area contributed by atoms with Gasteiger partial charge in [0.25, 0.3) is 0 Å². The Morgan fingerprint density at radius 2 is 1.78 bits per heavy atom. The molecule has 1 aromatic rings. The maximum Gasteiger partial charge on any atom is 0.181 e. The number of allylic oxidation sites excluding steroid dienone is 1. The van der Waals surface area contributed by atoms with Crippen molar-refractivity contribution in [1.82, 2.24) is 0 Å². The SMILES string of the molecule is CC12CCOCC1=CCC1C2CCC2(C)C1CC[C@@H]2CC(CC1(O)CCOC1)S(=O)(=O)c1ccccc1. The van der Waals surface area contributed by atoms with Crippen molar-refractivity contribution in [2.24, 2.45) is 34.5 Å². The van der Waals surface area contributed by atoms with Gasteiger partial charge < -0.3 is 14.6 Å². The molecule has 204 valence electrons. The monoisotopic (exact) mass is 528 g/mol. The maximum absolute atomic E-state index is 14.0. The zero-order valence-corrected chi connectivity index (χ0v) is 23.3. The Kier molecular flexibility index (Phi) is 6.66. The minimum Gasteiger partial charge on any atom is -0.387 e. The fourth-order valence-corrected chi connectivity index (χ4v) is 11.2. The van der Waals surface area contributed by atoms with Gasteiger partial charge in [-0.3, -0.25) is 0 Å². The first-order chi connectivity index (χ1) is 17.7. The van der Waals surface area contributed by atoms with E-state index in [9.17, 15) is 13.5 Å². The highest BCUT2D eigenvalue weighted by Crippen LogP contribution is 2.66. The van der Waals surface area contributed by atoms with Crippen LogP contribution in [0.4, 0.5) is 0 Å². The third-order valence-electron chi connectivity index (χ3n) is 11.6. The summed E-state index contributed by atoms with van der Waals surface area (Å²) >= 11 is 0. The molecular weight excluding hydrogens is 484 g/mol. The number of rotatable bonds is 6. The molecule has 3 aliphatic carbocycles. The molecule has 2 heterocycles. The summed E-state index contributed by atoms with van der Waals surface area (Å²) in [6.45, 7) is 7.36. The van der Waals surface area contributed by atoms with E-state index in [-0.39, 0.29) is 23.9 Å². The van der Waals surface area contributed by atoms with Crippen molar-refractivity contribution in [3.63, 3.8) is 0 Å². The topological polar surface area (TPSA) is 72.8 Å². The number of aliphatic hydroxyl groups is 1. The van der Waals surface area contributed by atoms with Gasteiger partial charge in [-0.25, -0.2) is 8.42 Å². The van der Waals surface area contributed by atoms with Crippen molar-refractivity contribution in [3.05, 3.63) is 42.0 Å². The van der Waals surface area contributed by atoms with E-state index in [1.54, 1.807) is 24.3 Å². The average Bonchev–Trinajstić information content (AvgIpc) is 3.46. The van der Waals surface area contributed by atoms with Gasteiger partial charge in [0.2, 0.25) is 0 Å². The molecule has 0 spiro atoms. The van der Waals surface area contributed by atoms with Gasteiger partial charge in [0.1, 0.15) is 0 Å². The van der Waals surface area contributed by atoms with Gasteiger partial charge in [0, 0.05) is 19.6 Å². The minimum absolute atomic E-state index is 0.160. The summed E-state index contributed by atoms with van der Waals surface area (Å²) in [6.07, 6.45) is 10.9. The Balaban J connectivity index is 1.27. The lowest BCUT2D eigenvalue weighted by Gasteiger charge is -2.57. The Labute approximate surface area is 222 Å². The molecule has 5 nitrogen and oxygen atoms in total. The second kappa shape index (κ2) is 9.46. The van der Waals surface area contributed by atoms with E-state index in [2.05, 4.69) is 19.9 Å². The number of sulfone groups is 1. The summed E-state index contributed by atoms with van der Waals surface area (Å²) in [7, 11) is -3.57. The van der Waals surface area contributed by atoms with E-state index in [1.165, 1.54) is 24.8 Å². The molecule has 2 aliphatic heterocycles. The number of hydrogen-bond donors (Lipinski definition) is 1. The molecule has 0 aromatic heterocycles. The summed E-state index contributed by atoms with van der Waals surface area (Å²) in [5.41, 5.74) is 0.906. The molecule has 0 radical (unpaired) electrons. The third-order valence-corrected chi connectivity index (χ3v) is 13.8. The molecular formula is C31H44O5S. The Morgan fingerprint density at radius 3 is 2.54 bits per heavy atom. The van der Waals surface area contributed by atoms with Crippen LogP contribution in [0.3, 0.4) is 0 Å². The molecule has 7 unspecified atom stereocenters. The lowest BCUT2D eigenvalue weighted by Crippen LogP contribution is -2.51. The number of hydrogen-bond acceptors (Lipinski definition) is 5. The number of benzene rings is 1. The van der Waals surface area contributed by atoms with Crippen molar-refractivity contribution in [2.75, 3.05) is 26.4 Å². The van der Waals surface area contributed by atoms with Gasteiger partial charge >= 0.3 is 0 Å². The van der Waals surface area contributed by atoms with Gasteiger partial charge in [0.15, 0.2) is 9.84 Å². The van der Waals surface area contributed by atoms with Gasteiger partial charge in [-0.15, -0.1) is 0 Å². The summed E-state index contributed by atoms with van der Waals surface area (Å²) in [5.74, 6) is 2.41. The standard InChI is InChI=1S/C31H44O5S/c1-29-13-12-28-26(10-8-23-20-35-16-14-30(23,28)2)27(29)11-9-22(29)18-25(19-31(32)15-17-36-21-31)37(33,34)24-6-4-3-5-7-24/h3-8,22,25-28,32H,9-21H2,1-2H3/t22-,25?,26?,27?,28?,29?,30?,31?/m1/s1. The maximum atomic E-state index is 14.0. The van der Waals surface area contributed by atoms with Crippen LogP contribution in [-0.4, -0.2) is 50.8 Å². The van der Waals surface area contributed by atoms with Crippen molar-refractivity contribution < 1.29 is 23.0 Å². The van der Waals surface area contributed by atoms with Crippen LogP contribution in [0.25, 0.3) is 0 Å². The average molecular weight is 529 g/mol. The molecule has 4 fully saturated rings.